The van der Waals surface area contributed by atoms with Crippen LogP contribution in [0, 0.1) is 11.6 Å². The Kier molecular flexibility index (Phi) is 4.92. The minimum absolute atomic E-state index is 0.176. The number of benzene rings is 2. The van der Waals surface area contributed by atoms with Crippen LogP contribution in [0.25, 0.3) is 33.6 Å². The van der Waals surface area contributed by atoms with E-state index in [-0.39, 0.29) is 23.5 Å². The van der Waals surface area contributed by atoms with Gasteiger partial charge in [0.2, 0.25) is 11.7 Å². The van der Waals surface area contributed by atoms with Gasteiger partial charge in [0.15, 0.2) is 0 Å². The minimum Gasteiger partial charge on any atom is -0.415 e. The summed E-state index contributed by atoms with van der Waals surface area (Å²) in [6.07, 6.45) is -1.42. The van der Waals surface area contributed by atoms with E-state index < -0.39 is 29.8 Å². The van der Waals surface area contributed by atoms with E-state index in [9.17, 15) is 17.6 Å². The molecule has 2 aromatic carbocycles. The van der Waals surface area contributed by atoms with Gasteiger partial charge in [0.05, 0.1) is 6.54 Å². The lowest BCUT2D eigenvalue weighted by Gasteiger charge is -2.06. The van der Waals surface area contributed by atoms with Crippen LogP contribution in [0.4, 0.5) is 23.4 Å². The number of fused-ring (bicyclic) bond motifs is 1. The molecule has 0 aliphatic rings. The summed E-state index contributed by atoms with van der Waals surface area (Å²) in [7, 11) is 0. The summed E-state index contributed by atoms with van der Waals surface area (Å²) in [6.45, 7) is -0.360. The Balaban J connectivity index is 1.41. The van der Waals surface area contributed by atoms with Crippen LogP contribution in [-0.4, -0.2) is 35.4 Å². The lowest BCUT2D eigenvalue weighted by molar-refractivity contribution is 0.116. The van der Waals surface area contributed by atoms with Gasteiger partial charge in [-0.3, -0.25) is 0 Å². The first kappa shape index (κ1) is 20.5. The summed E-state index contributed by atoms with van der Waals surface area (Å²) in [4.78, 5) is 5.05. The first-order valence-corrected chi connectivity index (χ1v) is 9.41. The molecule has 166 valence electrons. The van der Waals surface area contributed by atoms with E-state index in [1.807, 2.05) is 0 Å². The van der Waals surface area contributed by atoms with E-state index in [1.54, 1.807) is 30.5 Å². The van der Waals surface area contributed by atoms with E-state index in [1.165, 1.54) is 0 Å². The van der Waals surface area contributed by atoms with Gasteiger partial charge in [-0.25, -0.2) is 13.8 Å². The average Bonchev–Trinajstić information content (AvgIpc) is 3.46. The molecule has 0 amide bonds. The van der Waals surface area contributed by atoms with Gasteiger partial charge in [-0.2, -0.15) is 13.6 Å². The second kappa shape index (κ2) is 7.93. The van der Waals surface area contributed by atoms with Gasteiger partial charge in [-0.1, -0.05) is 6.07 Å². The lowest BCUT2D eigenvalue weighted by atomic mass is 10.1. The number of anilines is 1. The van der Waals surface area contributed by atoms with Crippen molar-refractivity contribution in [2.45, 2.75) is 13.0 Å². The molecule has 0 saturated heterocycles. The molecular weight excluding hydrogens is 444 g/mol. The van der Waals surface area contributed by atoms with Gasteiger partial charge >= 0.3 is 6.43 Å². The summed E-state index contributed by atoms with van der Waals surface area (Å²) < 4.78 is 59.2. The van der Waals surface area contributed by atoms with Crippen molar-refractivity contribution in [3.8, 4) is 22.8 Å². The van der Waals surface area contributed by atoms with Crippen molar-refractivity contribution in [2.75, 3.05) is 5.73 Å². The predicted molar refractivity (Wildman–Crippen MR) is 107 cm³/mol. The number of pyridine rings is 1. The molecule has 0 fully saturated rings. The van der Waals surface area contributed by atoms with Crippen molar-refractivity contribution in [3.63, 3.8) is 0 Å². The molecule has 0 aliphatic heterocycles. The monoisotopic (exact) mass is 456 g/mol. The van der Waals surface area contributed by atoms with E-state index in [0.29, 0.717) is 11.4 Å². The Bertz CT molecular complexity index is 1460. The molecular formula is C20H12F4N8O. The normalized spacial score (nSPS) is 11.5. The second-order valence-corrected chi connectivity index (χ2v) is 6.94. The van der Waals surface area contributed by atoms with Gasteiger partial charge in [-0.05, 0) is 40.9 Å². The number of alkyl halides is 2. The maximum Gasteiger partial charge on any atom is 0.314 e. The average molecular weight is 456 g/mol. The van der Waals surface area contributed by atoms with Crippen molar-refractivity contribution in [1.82, 2.24) is 35.4 Å². The van der Waals surface area contributed by atoms with Gasteiger partial charge in [-0.15, -0.1) is 20.4 Å². The highest BCUT2D eigenvalue weighted by Crippen LogP contribution is 2.27. The maximum absolute atomic E-state index is 14.6. The largest absolute Gasteiger partial charge is 0.415 e. The maximum atomic E-state index is 14.6. The molecule has 0 bridgehead atoms. The number of nitrogens with zero attached hydrogens (tertiary/aromatic N) is 7. The van der Waals surface area contributed by atoms with Crippen LogP contribution in [0.15, 0.2) is 47.0 Å². The topological polar surface area (TPSA) is 121 Å². The summed E-state index contributed by atoms with van der Waals surface area (Å²) in [5.74, 6) is -2.67. The van der Waals surface area contributed by atoms with Crippen molar-refractivity contribution < 1.29 is 22.0 Å². The zero-order valence-corrected chi connectivity index (χ0v) is 16.5. The van der Waals surface area contributed by atoms with E-state index in [4.69, 9.17) is 10.2 Å². The molecule has 9 nitrogen and oxygen atoms in total. The van der Waals surface area contributed by atoms with Crippen LogP contribution in [0.3, 0.4) is 0 Å². The van der Waals surface area contributed by atoms with Crippen LogP contribution in [0.2, 0.25) is 0 Å². The Hall–Kier alpha value is -4.42. The highest BCUT2D eigenvalue weighted by Gasteiger charge is 2.20. The molecule has 0 saturated carbocycles. The zero-order chi connectivity index (χ0) is 23.1. The Morgan fingerprint density at radius 2 is 1.76 bits per heavy atom. The predicted octanol–water partition coefficient (Wildman–Crippen LogP) is 3.78. The number of nitrogen functional groups attached to an aromatic ring is 1. The standard InChI is InChI=1S/C20H12F4N8O/c21-14-6-11(19-28-29-20(33-19)16(23)24)7-15(22)13(14)8-32-30-18(27-31-32)10-1-2-12-9(5-10)3-4-26-17(12)25/h1-7,16H,8H2,(H2,25,26). The number of hydrogen-bond donors (Lipinski definition) is 1. The fourth-order valence-electron chi connectivity index (χ4n) is 3.22. The van der Waals surface area contributed by atoms with Crippen molar-refractivity contribution in [1.29, 1.82) is 0 Å². The smallest absolute Gasteiger partial charge is 0.314 e. The summed E-state index contributed by atoms with van der Waals surface area (Å²) in [6, 6.07) is 8.88. The molecule has 3 aromatic heterocycles. The fourth-order valence-corrected chi connectivity index (χ4v) is 3.22. The van der Waals surface area contributed by atoms with Crippen LogP contribution >= 0.6 is 0 Å². The van der Waals surface area contributed by atoms with Gasteiger partial charge in [0.1, 0.15) is 17.5 Å². The molecule has 0 unspecified atom stereocenters. The third-order valence-corrected chi connectivity index (χ3v) is 4.82. The summed E-state index contributed by atoms with van der Waals surface area (Å²) in [5, 5.41) is 20.1. The second-order valence-electron chi connectivity index (χ2n) is 6.94. The highest BCUT2D eigenvalue weighted by molar-refractivity contribution is 5.93. The molecule has 5 rings (SSSR count). The number of rotatable bonds is 5. The first-order chi connectivity index (χ1) is 15.9. The van der Waals surface area contributed by atoms with Crippen LogP contribution in [0.5, 0.6) is 0 Å². The molecule has 0 spiro atoms. The van der Waals surface area contributed by atoms with Crippen LogP contribution in [0.1, 0.15) is 17.9 Å². The van der Waals surface area contributed by atoms with Gasteiger partial charge < -0.3 is 10.2 Å². The SMILES string of the molecule is Nc1nccc2cc(-c3nnn(Cc4c(F)cc(-c5nnc(C(F)F)o5)cc4F)n3)ccc12. The molecule has 3 heterocycles. The Morgan fingerprint density at radius 3 is 2.48 bits per heavy atom. The Morgan fingerprint density at radius 1 is 0.970 bits per heavy atom. The van der Waals surface area contributed by atoms with Gasteiger partial charge in [0, 0.05) is 28.3 Å². The summed E-state index contributed by atoms with van der Waals surface area (Å²) in [5.41, 5.74) is 5.95. The highest BCUT2D eigenvalue weighted by atomic mass is 19.3. The number of halogens is 4. The number of tetrazole rings is 1. The zero-order valence-electron chi connectivity index (χ0n) is 16.5. The Labute approximate surface area is 181 Å². The molecule has 0 atom stereocenters. The molecule has 5 aromatic rings. The molecule has 0 aliphatic carbocycles. The first-order valence-electron chi connectivity index (χ1n) is 9.41. The van der Waals surface area contributed by atoms with E-state index in [0.717, 1.165) is 27.7 Å². The molecule has 13 heteroatoms. The minimum atomic E-state index is -3.00. The van der Waals surface area contributed by atoms with Crippen molar-refractivity contribution in [3.05, 3.63) is 65.7 Å². The third-order valence-electron chi connectivity index (χ3n) is 4.82. The van der Waals surface area contributed by atoms with Crippen molar-refractivity contribution >= 4 is 16.6 Å². The summed E-state index contributed by atoms with van der Waals surface area (Å²) >= 11 is 0. The molecule has 2 N–H and O–H groups in total. The number of aromatic nitrogens is 7. The lowest BCUT2D eigenvalue weighted by Crippen LogP contribution is -2.08. The third kappa shape index (κ3) is 3.84. The number of hydrogen-bond acceptors (Lipinski definition) is 8. The van der Waals surface area contributed by atoms with Crippen molar-refractivity contribution in [2.24, 2.45) is 0 Å². The molecule has 33 heavy (non-hydrogen) atoms. The fraction of sp³-hybridized carbons (Fsp3) is 0.100. The van der Waals surface area contributed by atoms with Crippen LogP contribution in [-0.2, 0) is 6.54 Å². The van der Waals surface area contributed by atoms with Crippen LogP contribution < -0.4 is 5.73 Å². The van der Waals surface area contributed by atoms with E-state index >= 15 is 0 Å². The number of nitrogens with two attached hydrogens (primary N) is 1. The van der Waals surface area contributed by atoms with E-state index in [2.05, 4.69) is 30.6 Å². The quantitative estimate of drug-likeness (QED) is 0.397. The molecule has 0 radical (unpaired) electrons. The van der Waals surface area contributed by atoms with Gasteiger partial charge in [0.25, 0.3) is 5.89 Å².